The summed E-state index contributed by atoms with van der Waals surface area (Å²) in [5.74, 6) is -0.191. The Bertz CT molecular complexity index is 612. The fourth-order valence-electron chi connectivity index (χ4n) is 2.38. The number of nitrogens with zero attached hydrogens (tertiary/aromatic N) is 2. The summed E-state index contributed by atoms with van der Waals surface area (Å²) in [6.07, 6.45) is 2.49. The molecule has 6 nitrogen and oxygen atoms in total. The van der Waals surface area contributed by atoms with E-state index < -0.39 is 5.60 Å². The topological polar surface area (TPSA) is 78.7 Å². The lowest BCUT2D eigenvalue weighted by Gasteiger charge is -2.21. The van der Waals surface area contributed by atoms with E-state index >= 15 is 0 Å². The zero-order chi connectivity index (χ0) is 13.5. The van der Waals surface area contributed by atoms with E-state index in [0.717, 1.165) is 11.5 Å². The van der Waals surface area contributed by atoms with Gasteiger partial charge < -0.3 is 15.7 Å². The van der Waals surface area contributed by atoms with Gasteiger partial charge in [0.2, 0.25) is 0 Å². The maximum absolute atomic E-state index is 12.2. The maximum atomic E-state index is 12.2. The van der Waals surface area contributed by atoms with Crippen molar-refractivity contribution in [2.24, 2.45) is 0 Å². The van der Waals surface area contributed by atoms with Gasteiger partial charge in [0, 0.05) is 24.7 Å². The summed E-state index contributed by atoms with van der Waals surface area (Å²) in [7, 11) is 0. The normalized spacial score (nSPS) is 23.1. The van der Waals surface area contributed by atoms with Crippen LogP contribution < -0.4 is 10.6 Å². The lowest BCUT2D eigenvalue weighted by Crippen LogP contribution is -2.44. The number of hydrogen-bond donors (Lipinski definition) is 3. The van der Waals surface area contributed by atoms with Crippen molar-refractivity contribution in [1.29, 1.82) is 0 Å². The van der Waals surface area contributed by atoms with Gasteiger partial charge in [-0.1, -0.05) is 0 Å². The van der Waals surface area contributed by atoms with Crippen molar-refractivity contribution in [2.45, 2.75) is 18.9 Å². The van der Waals surface area contributed by atoms with Gasteiger partial charge in [-0.2, -0.15) is 0 Å². The van der Waals surface area contributed by atoms with Gasteiger partial charge in [-0.3, -0.25) is 9.20 Å². The van der Waals surface area contributed by atoms with Crippen molar-refractivity contribution in [3.8, 4) is 0 Å². The molecule has 3 N–H and O–H groups in total. The quantitative estimate of drug-likeness (QED) is 0.748. The molecule has 7 heteroatoms. The Hall–Kier alpha value is -1.44. The predicted octanol–water partition coefficient (Wildman–Crippen LogP) is 0.158. The van der Waals surface area contributed by atoms with Gasteiger partial charge in [0.15, 0.2) is 4.96 Å². The van der Waals surface area contributed by atoms with Crippen molar-refractivity contribution >= 4 is 22.2 Å². The van der Waals surface area contributed by atoms with Crippen LogP contribution >= 0.6 is 11.3 Å². The smallest absolute Gasteiger partial charge is 0.270 e. The molecular formula is C12H16N4O2S. The monoisotopic (exact) mass is 280 g/mol. The van der Waals surface area contributed by atoms with E-state index in [2.05, 4.69) is 15.6 Å². The van der Waals surface area contributed by atoms with Gasteiger partial charge in [0.1, 0.15) is 5.69 Å². The Morgan fingerprint density at radius 1 is 1.74 bits per heavy atom. The highest BCUT2D eigenvalue weighted by Crippen LogP contribution is 2.17. The summed E-state index contributed by atoms with van der Waals surface area (Å²) in [5, 5.41) is 18.0. The maximum Gasteiger partial charge on any atom is 0.270 e. The molecule has 1 aliphatic rings. The van der Waals surface area contributed by atoms with Crippen LogP contribution in [0.3, 0.4) is 0 Å². The van der Waals surface area contributed by atoms with E-state index in [1.807, 2.05) is 18.5 Å². The molecule has 3 heterocycles. The van der Waals surface area contributed by atoms with Gasteiger partial charge in [0.05, 0.1) is 11.3 Å². The van der Waals surface area contributed by atoms with Crippen molar-refractivity contribution in [3.63, 3.8) is 0 Å². The number of β-amino-alcohol motifs (C(OH)–C–C–N with tert-alkyl or cyclic N) is 1. The molecule has 0 bridgehead atoms. The van der Waals surface area contributed by atoms with Gasteiger partial charge in [-0.05, 0) is 19.9 Å². The fraction of sp³-hybridized carbons (Fsp3) is 0.500. The molecule has 3 rings (SSSR count). The SMILES string of the molecule is Cc1nc2sccn2c1C(=O)NC[C@@]1(O)CCNC1. The molecule has 1 atom stereocenters. The van der Waals surface area contributed by atoms with Crippen LogP contribution in [0, 0.1) is 6.92 Å². The molecule has 0 spiro atoms. The highest BCUT2D eigenvalue weighted by atomic mass is 32.1. The Balaban J connectivity index is 1.76. The minimum Gasteiger partial charge on any atom is -0.387 e. The third-order valence-electron chi connectivity index (χ3n) is 3.45. The molecule has 0 aromatic carbocycles. The number of imidazole rings is 1. The molecule has 19 heavy (non-hydrogen) atoms. The molecule has 1 amide bonds. The Morgan fingerprint density at radius 3 is 3.32 bits per heavy atom. The Morgan fingerprint density at radius 2 is 2.58 bits per heavy atom. The summed E-state index contributed by atoms with van der Waals surface area (Å²) in [5.41, 5.74) is 0.425. The van der Waals surface area contributed by atoms with Crippen LogP contribution in [0.4, 0.5) is 0 Å². The first kappa shape index (κ1) is 12.6. The van der Waals surface area contributed by atoms with E-state index in [9.17, 15) is 9.90 Å². The number of nitrogens with one attached hydrogen (secondary N) is 2. The van der Waals surface area contributed by atoms with Crippen molar-refractivity contribution in [3.05, 3.63) is 23.0 Å². The van der Waals surface area contributed by atoms with E-state index in [0.29, 0.717) is 24.4 Å². The van der Waals surface area contributed by atoms with Crippen LogP contribution in [0.2, 0.25) is 0 Å². The summed E-state index contributed by atoms with van der Waals surface area (Å²) in [6, 6.07) is 0. The molecule has 0 radical (unpaired) electrons. The third kappa shape index (κ3) is 2.24. The first-order chi connectivity index (χ1) is 9.09. The zero-order valence-electron chi connectivity index (χ0n) is 10.6. The van der Waals surface area contributed by atoms with Gasteiger partial charge in [-0.15, -0.1) is 11.3 Å². The average Bonchev–Trinajstić information content (AvgIpc) is 3.03. The van der Waals surface area contributed by atoms with E-state index in [-0.39, 0.29) is 12.5 Å². The number of thiazole rings is 1. The summed E-state index contributed by atoms with van der Waals surface area (Å²) in [4.78, 5) is 17.4. The van der Waals surface area contributed by atoms with Crippen molar-refractivity contribution < 1.29 is 9.90 Å². The molecule has 0 aliphatic carbocycles. The first-order valence-electron chi connectivity index (χ1n) is 6.22. The number of amides is 1. The second kappa shape index (κ2) is 4.59. The van der Waals surface area contributed by atoms with Crippen LogP contribution in [0.5, 0.6) is 0 Å². The highest BCUT2D eigenvalue weighted by molar-refractivity contribution is 7.15. The highest BCUT2D eigenvalue weighted by Gasteiger charge is 2.31. The lowest BCUT2D eigenvalue weighted by atomic mass is 10.0. The van der Waals surface area contributed by atoms with Crippen LogP contribution in [-0.2, 0) is 0 Å². The first-order valence-corrected chi connectivity index (χ1v) is 7.10. The second-order valence-corrected chi connectivity index (χ2v) is 5.81. The van der Waals surface area contributed by atoms with E-state index in [1.54, 1.807) is 4.40 Å². The van der Waals surface area contributed by atoms with Crippen LogP contribution in [-0.4, -0.2) is 45.6 Å². The van der Waals surface area contributed by atoms with Gasteiger partial charge in [0.25, 0.3) is 5.91 Å². The predicted molar refractivity (Wildman–Crippen MR) is 72.6 cm³/mol. The molecule has 2 aromatic heterocycles. The molecule has 0 unspecified atom stereocenters. The minimum absolute atomic E-state index is 0.191. The number of aryl methyl sites for hydroxylation is 1. The largest absolute Gasteiger partial charge is 0.387 e. The molecule has 102 valence electrons. The lowest BCUT2D eigenvalue weighted by molar-refractivity contribution is 0.0560. The number of aromatic nitrogens is 2. The van der Waals surface area contributed by atoms with Crippen molar-refractivity contribution in [1.82, 2.24) is 20.0 Å². The van der Waals surface area contributed by atoms with Crippen LogP contribution in [0.15, 0.2) is 11.6 Å². The number of fused-ring (bicyclic) bond motifs is 1. The average molecular weight is 280 g/mol. The van der Waals surface area contributed by atoms with Gasteiger partial charge in [-0.25, -0.2) is 4.98 Å². The Labute approximate surface area is 114 Å². The Kier molecular flexibility index (Phi) is 3.04. The zero-order valence-corrected chi connectivity index (χ0v) is 11.5. The standard InChI is InChI=1S/C12H16N4O2S/c1-8-9(16-4-5-19-11(16)15-8)10(17)14-7-12(18)2-3-13-6-12/h4-5,13,18H,2-3,6-7H2,1H3,(H,14,17)/t12-/m1/s1. The molecule has 1 fully saturated rings. The van der Waals surface area contributed by atoms with Crippen LogP contribution in [0.25, 0.3) is 4.96 Å². The summed E-state index contributed by atoms with van der Waals surface area (Å²) >= 11 is 1.49. The number of aliphatic hydroxyl groups is 1. The molecule has 1 aliphatic heterocycles. The minimum atomic E-state index is -0.831. The number of rotatable bonds is 3. The van der Waals surface area contributed by atoms with Crippen molar-refractivity contribution in [2.75, 3.05) is 19.6 Å². The van der Waals surface area contributed by atoms with Gasteiger partial charge >= 0.3 is 0 Å². The molecule has 2 aromatic rings. The van der Waals surface area contributed by atoms with Crippen LogP contribution in [0.1, 0.15) is 22.6 Å². The summed E-state index contributed by atoms with van der Waals surface area (Å²) in [6.45, 7) is 3.38. The molecule has 1 saturated heterocycles. The molecule has 0 saturated carbocycles. The molecular weight excluding hydrogens is 264 g/mol. The number of hydrogen-bond acceptors (Lipinski definition) is 5. The number of carbonyl (C=O) groups excluding carboxylic acids is 1. The fourth-order valence-corrected chi connectivity index (χ4v) is 3.14. The number of carbonyl (C=O) groups is 1. The van der Waals surface area contributed by atoms with E-state index in [1.165, 1.54) is 11.3 Å². The summed E-state index contributed by atoms with van der Waals surface area (Å²) < 4.78 is 1.78. The van der Waals surface area contributed by atoms with E-state index in [4.69, 9.17) is 0 Å². The third-order valence-corrected chi connectivity index (χ3v) is 4.21. The second-order valence-electron chi connectivity index (χ2n) is 4.94.